The second-order valence-corrected chi connectivity index (χ2v) is 11.1. The number of nitrogens with one attached hydrogen (secondary N) is 1. The summed E-state index contributed by atoms with van der Waals surface area (Å²) in [6.07, 6.45) is 4.51. The van der Waals surface area contributed by atoms with E-state index in [1.165, 1.54) is 17.7 Å². The van der Waals surface area contributed by atoms with Crippen LogP contribution in [0.15, 0.2) is 66.9 Å². The third kappa shape index (κ3) is 4.55. The van der Waals surface area contributed by atoms with Gasteiger partial charge in [-0.15, -0.1) is 0 Å². The molecule has 2 aromatic carbocycles. The van der Waals surface area contributed by atoms with Crippen molar-refractivity contribution in [2.24, 2.45) is 7.05 Å². The van der Waals surface area contributed by atoms with E-state index in [1.54, 1.807) is 18.3 Å². The Bertz CT molecular complexity index is 1430. The highest BCUT2D eigenvalue weighted by Crippen LogP contribution is 2.42. The van der Waals surface area contributed by atoms with E-state index >= 15 is 0 Å². The summed E-state index contributed by atoms with van der Waals surface area (Å²) in [6.45, 7) is 8.59. The van der Waals surface area contributed by atoms with Crippen molar-refractivity contribution in [3.8, 4) is 11.3 Å². The number of carbonyl (C=O) groups is 1. The highest BCUT2D eigenvalue weighted by Gasteiger charge is 2.39. The number of anilines is 1. The maximum Gasteiger partial charge on any atom is 0.169 e. The molecule has 4 aromatic rings. The molecule has 3 heterocycles. The number of aryl methyl sites for hydroxylation is 1. The molecule has 0 amide bonds. The molecule has 1 aliphatic rings. The predicted octanol–water partition coefficient (Wildman–Crippen LogP) is 7.05. The molecular weight excluding hydrogens is 477 g/mol. The van der Waals surface area contributed by atoms with Crippen LogP contribution in [0.4, 0.5) is 10.2 Å². The smallest absolute Gasteiger partial charge is 0.169 e. The zero-order chi connectivity index (χ0) is 27.1. The molecule has 0 bridgehead atoms. The lowest BCUT2D eigenvalue weighted by Gasteiger charge is -2.38. The number of Topliss-reactive ketones (excluding diaryl/α,β-unsaturated/α-hetero) is 1. The van der Waals surface area contributed by atoms with Crippen LogP contribution in [-0.4, -0.2) is 25.3 Å². The Morgan fingerprint density at radius 1 is 1.11 bits per heavy atom. The molecule has 198 valence electrons. The monoisotopic (exact) mass is 513 g/mol. The van der Waals surface area contributed by atoms with Crippen molar-refractivity contribution in [2.45, 2.75) is 70.4 Å². The zero-order valence-electron chi connectivity index (χ0n) is 22.8. The van der Waals surface area contributed by atoms with Crippen LogP contribution in [0.3, 0.4) is 0 Å². The van der Waals surface area contributed by atoms with Gasteiger partial charge in [0.05, 0.1) is 29.0 Å². The summed E-state index contributed by atoms with van der Waals surface area (Å²) in [6, 6.07) is 18.9. The van der Waals surface area contributed by atoms with Gasteiger partial charge >= 0.3 is 0 Å². The number of nitrogens with zero attached hydrogens (tertiary/aromatic N) is 4. The summed E-state index contributed by atoms with van der Waals surface area (Å²) >= 11 is 0. The number of fused-ring (bicyclic) bond motifs is 1. The van der Waals surface area contributed by atoms with E-state index in [2.05, 4.69) is 50.2 Å². The molecule has 0 spiro atoms. The van der Waals surface area contributed by atoms with Gasteiger partial charge in [0.2, 0.25) is 0 Å². The van der Waals surface area contributed by atoms with Gasteiger partial charge in [-0.25, -0.2) is 9.07 Å². The summed E-state index contributed by atoms with van der Waals surface area (Å²) in [5, 5.41) is 13.0. The van der Waals surface area contributed by atoms with E-state index in [0.717, 1.165) is 42.0 Å². The summed E-state index contributed by atoms with van der Waals surface area (Å²) in [5.41, 5.74) is 3.83. The van der Waals surface area contributed by atoms with E-state index in [0.29, 0.717) is 12.0 Å². The van der Waals surface area contributed by atoms with E-state index in [1.807, 2.05) is 40.7 Å². The minimum Gasteiger partial charge on any atom is -0.363 e. The summed E-state index contributed by atoms with van der Waals surface area (Å²) in [7, 11) is 1.92. The average molecular weight is 514 g/mol. The third-order valence-corrected chi connectivity index (χ3v) is 8.28. The van der Waals surface area contributed by atoms with Gasteiger partial charge in [-0.1, -0.05) is 44.2 Å². The minimum absolute atomic E-state index is 0.0662. The lowest BCUT2D eigenvalue weighted by molar-refractivity contribution is 0.0941. The third-order valence-electron chi connectivity index (χ3n) is 8.28. The SMILES string of the molecule is CCC(CC)(CC(=O)c1cnn2c1NC(c1ccccc1)CC2(C)C)c1cc(-c2ccc(F)cc2)nn1C. The van der Waals surface area contributed by atoms with E-state index in [9.17, 15) is 9.18 Å². The van der Waals surface area contributed by atoms with Crippen LogP contribution in [-0.2, 0) is 18.0 Å². The van der Waals surface area contributed by atoms with Crippen molar-refractivity contribution in [2.75, 3.05) is 5.32 Å². The summed E-state index contributed by atoms with van der Waals surface area (Å²) in [5.74, 6) is 0.581. The Morgan fingerprint density at radius 3 is 2.45 bits per heavy atom. The van der Waals surface area contributed by atoms with Gasteiger partial charge in [0, 0.05) is 30.1 Å². The van der Waals surface area contributed by atoms with Gasteiger partial charge in [-0.2, -0.15) is 10.2 Å². The molecule has 0 saturated heterocycles. The average Bonchev–Trinajstić information content (AvgIpc) is 3.53. The quantitative estimate of drug-likeness (QED) is 0.257. The molecule has 2 aromatic heterocycles. The first-order valence-electron chi connectivity index (χ1n) is 13.4. The number of hydrogen-bond donors (Lipinski definition) is 1. The Balaban J connectivity index is 1.47. The maximum atomic E-state index is 14.0. The standard InChI is InChI=1S/C31H36FN5O/c1-6-31(7-2,28-17-25(35-36(28)5)22-13-15-23(32)16-14-22)19-27(38)24-20-33-37-29(24)34-26(18-30(37,3)4)21-11-9-8-10-12-21/h8-17,20,26,34H,6-7,18-19H2,1-5H3. The fourth-order valence-corrected chi connectivity index (χ4v) is 5.92. The lowest BCUT2D eigenvalue weighted by Crippen LogP contribution is -2.38. The number of aromatic nitrogens is 4. The molecule has 1 unspecified atom stereocenters. The van der Waals surface area contributed by atoms with Crippen molar-refractivity contribution >= 4 is 11.6 Å². The highest BCUT2D eigenvalue weighted by molar-refractivity contribution is 6.01. The van der Waals surface area contributed by atoms with Gasteiger partial charge in [0.1, 0.15) is 11.6 Å². The number of carbonyl (C=O) groups excluding carboxylic acids is 1. The molecule has 1 atom stereocenters. The zero-order valence-corrected chi connectivity index (χ0v) is 22.8. The Labute approximate surface area is 223 Å². The summed E-state index contributed by atoms with van der Waals surface area (Å²) < 4.78 is 17.3. The fraction of sp³-hybridized carbons (Fsp3) is 0.387. The van der Waals surface area contributed by atoms with E-state index < -0.39 is 5.41 Å². The van der Waals surface area contributed by atoms with Crippen molar-refractivity contribution < 1.29 is 9.18 Å². The molecule has 0 saturated carbocycles. The van der Waals surface area contributed by atoms with Crippen molar-refractivity contribution in [3.63, 3.8) is 0 Å². The van der Waals surface area contributed by atoms with Gasteiger partial charge in [0.25, 0.3) is 0 Å². The number of benzene rings is 2. The molecule has 0 radical (unpaired) electrons. The minimum atomic E-state index is -0.394. The van der Waals surface area contributed by atoms with Crippen molar-refractivity contribution in [1.29, 1.82) is 0 Å². The van der Waals surface area contributed by atoms with Crippen LogP contribution >= 0.6 is 0 Å². The van der Waals surface area contributed by atoms with Crippen LogP contribution in [0, 0.1) is 5.82 Å². The Kier molecular flexibility index (Phi) is 6.72. The maximum absolute atomic E-state index is 14.0. The molecule has 0 fully saturated rings. The van der Waals surface area contributed by atoms with E-state index in [4.69, 9.17) is 5.10 Å². The topological polar surface area (TPSA) is 64.7 Å². The van der Waals surface area contributed by atoms with Gasteiger partial charge in [-0.3, -0.25) is 9.48 Å². The lowest BCUT2D eigenvalue weighted by atomic mass is 9.74. The molecule has 1 N–H and O–H groups in total. The van der Waals surface area contributed by atoms with E-state index in [-0.39, 0.29) is 23.2 Å². The fourth-order valence-electron chi connectivity index (χ4n) is 5.92. The summed E-state index contributed by atoms with van der Waals surface area (Å²) in [4.78, 5) is 14.0. The predicted molar refractivity (Wildman–Crippen MR) is 149 cm³/mol. The first-order chi connectivity index (χ1) is 18.2. The largest absolute Gasteiger partial charge is 0.363 e. The highest BCUT2D eigenvalue weighted by atomic mass is 19.1. The number of hydrogen-bond acceptors (Lipinski definition) is 4. The van der Waals surface area contributed by atoms with Crippen LogP contribution in [0.2, 0.25) is 0 Å². The molecule has 1 aliphatic heterocycles. The van der Waals surface area contributed by atoms with Crippen LogP contribution < -0.4 is 5.32 Å². The Hall–Kier alpha value is -3.74. The second-order valence-electron chi connectivity index (χ2n) is 11.1. The molecule has 0 aliphatic carbocycles. The normalized spacial score (nSPS) is 16.6. The molecule has 6 nitrogen and oxygen atoms in total. The van der Waals surface area contributed by atoms with Crippen LogP contribution in [0.25, 0.3) is 11.3 Å². The van der Waals surface area contributed by atoms with Gasteiger partial charge in [-0.05, 0) is 69.0 Å². The first-order valence-corrected chi connectivity index (χ1v) is 13.4. The number of halogens is 1. The number of rotatable bonds is 8. The van der Waals surface area contributed by atoms with Crippen molar-refractivity contribution in [1.82, 2.24) is 19.6 Å². The van der Waals surface area contributed by atoms with Crippen LogP contribution in [0.5, 0.6) is 0 Å². The Morgan fingerprint density at radius 2 is 1.79 bits per heavy atom. The molecule has 38 heavy (non-hydrogen) atoms. The number of ketones is 1. The first kappa shape index (κ1) is 25.9. The molecule has 5 rings (SSSR count). The van der Waals surface area contributed by atoms with Crippen molar-refractivity contribution in [3.05, 3.63) is 89.5 Å². The molecular formula is C31H36FN5O. The van der Waals surface area contributed by atoms with Crippen LogP contribution in [0.1, 0.15) is 81.0 Å². The second kappa shape index (κ2) is 9.86. The van der Waals surface area contributed by atoms with Gasteiger partial charge in [0.15, 0.2) is 5.78 Å². The van der Waals surface area contributed by atoms with Gasteiger partial charge < -0.3 is 5.32 Å². The molecule has 7 heteroatoms.